The summed E-state index contributed by atoms with van der Waals surface area (Å²) in [5, 5.41) is 3.28. The molecule has 0 aliphatic carbocycles. The summed E-state index contributed by atoms with van der Waals surface area (Å²) in [5.74, 6) is 1.15. The van der Waals surface area contributed by atoms with Gasteiger partial charge in [-0.05, 0) is 37.1 Å². The molecular weight excluding hydrogens is 238 g/mol. The molecule has 0 aliphatic rings. The molecule has 1 aromatic rings. The van der Waals surface area contributed by atoms with Gasteiger partial charge in [-0.25, -0.2) is 8.42 Å². The quantitative estimate of drug-likeness (QED) is 0.542. The maximum absolute atomic E-state index is 10.3. The first-order valence-electron chi connectivity index (χ1n) is 5.68. The highest BCUT2D eigenvalue weighted by Gasteiger charge is 1.94. The van der Waals surface area contributed by atoms with Crippen molar-refractivity contribution < 1.29 is 13.2 Å². The average molecular weight is 257 g/mol. The largest absolute Gasteiger partial charge is 0.497 e. The smallest absolute Gasteiger partial charge is 0.140 e. The lowest BCUT2D eigenvalue weighted by atomic mass is 10.2. The fourth-order valence-electron chi connectivity index (χ4n) is 1.47. The van der Waals surface area contributed by atoms with E-state index in [1.165, 1.54) is 5.56 Å². The Kier molecular flexibility index (Phi) is 6.65. The van der Waals surface area contributed by atoms with Crippen LogP contribution in [-0.2, 0) is 17.2 Å². The first-order chi connectivity index (χ1) is 8.22. The Morgan fingerprint density at radius 2 is 1.88 bits per heavy atom. The fourth-order valence-corrected chi connectivity index (χ4v) is 1.95. The number of rotatable bonds is 8. The molecule has 0 fully saturated rings. The van der Waals surface area contributed by atoms with Gasteiger partial charge in [-0.1, -0.05) is 12.1 Å². The molecule has 96 valence electrons. The van der Waals surface area contributed by atoms with Gasteiger partial charge in [0, 0.05) is 12.3 Å². The topological polar surface area (TPSA) is 55.4 Å². The number of nitrogens with one attached hydrogen (secondary N) is 1. The Labute approximate surface area is 104 Å². The first-order valence-corrected chi connectivity index (χ1v) is 7.04. The van der Waals surface area contributed by atoms with E-state index in [0.29, 0.717) is 5.75 Å². The van der Waals surface area contributed by atoms with Crippen LogP contribution in [0.25, 0.3) is 0 Å². The highest BCUT2D eigenvalue weighted by molar-refractivity contribution is 7.72. The van der Waals surface area contributed by atoms with Crippen LogP contribution < -0.4 is 10.1 Å². The van der Waals surface area contributed by atoms with E-state index in [9.17, 15) is 8.42 Å². The summed E-state index contributed by atoms with van der Waals surface area (Å²) in [6, 6.07) is 7.89. The van der Waals surface area contributed by atoms with E-state index < -0.39 is 10.7 Å². The molecule has 0 heterocycles. The van der Waals surface area contributed by atoms with Crippen molar-refractivity contribution in [2.45, 2.75) is 19.4 Å². The van der Waals surface area contributed by atoms with Crippen molar-refractivity contribution in [1.82, 2.24) is 5.32 Å². The Morgan fingerprint density at radius 3 is 2.47 bits per heavy atom. The normalized spacial score (nSPS) is 10.7. The number of hydrogen-bond donors (Lipinski definition) is 2. The number of ether oxygens (including phenoxy) is 1. The summed E-state index contributed by atoms with van der Waals surface area (Å²) in [6.45, 7) is 1.64. The monoisotopic (exact) mass is 257 g/mol. The molecule has 0 radical (unpaired) electrons. The number of methoxy groups -OCH3 is 1. The molecule has 0 saturated heterocycles. The van der Waals surface area contributed by atoms with Crippen LogP contribution in [0.4, 0.5) is 0 Å². The lowest BCUT2D eigenvalue weighted by Gasteiger charge is -2.05. The van der Waals surface area contributed by atoms with E-state index in [-0.39, 0.29) is 0 Å². The molecule has 1 rings (SSSR count). The zero-order valence-corrected chi connectivity index (χ0v) is 10.9. The van der Waals surface area contributed by atoms with Gasteiger partial charge < -0.3 is 10.1 Å². The molecule has 0 amide bonds. The van der Waals surface area contributed by atoms with Gasteiger partial charge in [0.1, 0.15) is 16.5 Å². The van der Waals surface area contributed by atoms with E-state index in [0.717, 1.165) is 31.7 Å². The molecule has 1 aromatic carbocycles. The molecule has 4 nitrogen and oxygen atoms in total. The Morgan fingerprint density at radius 1 is 1.18 bits per heavy atom. The minimum Gasteiger partial charge on any atom is -0.497 e. The average Bonchev–Trinajstić information content (AvgIpc) is 2.34. The number of hydrogen-bond acceptors (Lipinski definition) is 4. The molecule has 17 heavy (non-hydrogen) atoms. The highest BCUT2D eigenvalue weighted by Crippen LogP contribution is 2.10. The predicted octanol–water partition coefficient (Wildman–Crippen LogP) is 1.18. The van der Waals surface area contributed by atoms with E-state index in [1.807, 2.05) is 24.3 Å². The van der Waals surface area contributed by atoms with Gasteiger partial charge in [0.05, 0.1) is 7.11 Å². The molecule has 5 heteroatoms. The van der Waals surface area contributed by atoms with Gasteiger partial charge >= 0.3 is 0 Å². The summed E-state index contributed by atoms with van der Waals surface area (Å²) in [4.78, 5) is 0. The molecular formula is C12H19NO3S. The third-order valence-corrected chi connectivity index (χ3v) is 3.11. The second kappa shape index (κ2) is 8.08. The maximum atomic E-state index is 10.3. The van der Waals surface area contributed by atoms with Gasteiger partial charge in [-0.2, -0.15) is 0 Å². The summed E-state index contributed by atoms with van der Waals surface area (Å²) in [7, 11) is -0.566. The second-order valence-electron chi connectivity index (χ2n) is 3.79. The van der Waals surface area contributed by atoms with E-state index in [2.05, 4.69) is 5.32 Å². The SMILES string of the molecule is COc1ccc(CNCCCC[SH](=O)=O)cc1. The maximum Gasteiger partial charge on any atom is 0.140 e. The minimum absolute atomic E-state index is 0.291. The van der Waals surface area contributed by atoms with Crippen LogP contribution in [0.3, 0.4) is 0 Å². The molecule has 0 unspecified atom stereocenters. The first kappa shape index (κ1) is 14.0. The third kappa shape index (κ3) is 6.28. The third-order valence-electron chi connectivity index (χ3n) is 2.43. The van der Waals surface area contributed by atoms with Crippen molar-refractivity contribution in [3.63, 3.8) is 0 Å². The van der Waals surface area contributed by atoms with Crippen LogP contribution in [0.2, 0.25) is 0 Å². The van der Waals surface area contributed by atoms with Gasteiger partial charge in [-0.3, -0.25) is 0 Å². The summed E-state index contributed by atoms with van der Waals surface area (Å²) >= 11 is 0. The predicted molar refractivity (Wildman–Crippen MR) is 69.1 cm³/mol. The zero-order valence-electron chi connectivity index (χ0n) is 10.0. The molecule has 0 aromatic heterocycles. The van der Waals surface area contributed by atoms with Crippen LogP contribution in [0, 0.1) is 0 Å². The van der Waals surface area contributed by atoms with Crippen molar-refractivity contribution >= 4 is 10.7 Å². The van der Waals surface area contributed by atoms with E-state index >= 15 is 0 Å². The van der Waals surface area contributed by atoms with Gasteiger partial charge in [0.25, 0.3) is 0 Å². The van der Waals surface area contributed by atoms with E-state index in [4.69, 9.17) is 4.74 Å². The van der Waals surface area contributed by atoms with Crippen LogP contribution in [0.15, 0.2) is 24.3 Å². The van der Waals surface area contributed by atoms with Crippen LogP contribution in [0.1, 0.15) is 18.4 Å². The van der Waals surface area contributed by atoms with Crippen LogP contribution in [0.5, 0.6) is 5.75 Å². The summed E-state index contributed by atoms with van der Waals surface area (Å²) < 4.78 is 25.7. The Bertz CT molecular complexity index is 379. The molecule has 0 bridgehead atoms. The van der Waals surface area contributed by atoms with Crippen LogP contribution in [-0.4, -0.2) is 27.8 Å². The second-order valence-corrected chi connectivity index (χ2v) is 4.90. The van der Waals surface area contributed by atoms with E-state index in [1.54, 1.807) is 7.11 Å². The number of thiol groups is 1. The molecule has 0 spiro atoms. The van der Waals surface area contributed by atoms with Gasteiger partial charge in [0.2, 0.25) is 0 Å². The van der Waals surface area contributed by atoms with Crippen molar-refractivity contribution in [3.8, 4) is 5.75 Å². The van der Waals surface area contributed by atoms with Gasteiger partial charge in [-0.15, -0.1) is 0 Å². The van der Waals surface area contributed by atoms with Crippen molar-refractivity contribution in [2.75, 3.05) is 19.4 Å². The highest BCUT2D eigenvalue weighted by atomic mass is 32.2. The lowest BCUT2D eigenvalue weighted by molar-refractivity contribution is 0.414. The Hall–Kier alpha value is -1.07. The summed E-state index contributed by atoms with van der Waals surface area (Å²) in [5.41, 5.74) is 1.20. The standard InChI is InChI=1S/C12H19NO3S/c1-16-12-6-4-11(5-7-12)10-13-8-2-3-9-17(14)15/h4-7,13,17H,2-3,8-10H2,1H3. The Balaban J connectivity index is 2.13. The molecule has 1 N–H and O–H groups in total. The van der Waals surface area contributed by atoms with Crippen molar-refractivity contribution in [2.24, 2.45) is 0 Å². The van der Waals surface area contributed by atoms with Crippen molar-refractivity contribution in [3.05, 3.63) is 29.8 Å². The number of benzene rings is 1. The minimum atomic E-state index is -2.21. The molecule has 0 atom stereocenters. The number of unbranched alkanes of at least 4 members (excludes halogenated alkanes) is 1. The van der Waals surface area contributed by atoms with Crippen LogP contribution >= 0.6 is 0 Å². The molecule has 0 aliphatic heterocycles. The van der Waals surface area contributed by atoms with Gasteiger partial charge in [0.15, 0.2) is 0 Å². The summed E-state index contributed by atoms with van der Waals surface area (Å²) in [6.07, 6.45) is 1.62. The lowest BCUT2D eigenvalue weighted by Crippen LogP contribution is -2.15. The van der Waals surface area contributed by atoms with Crippen molar-refractivity contribution in [1.29, 1.82) is 0 Å². The zero-order chi connectivity index (χ0) is 12.5. The fraction of sp³-hybridized carbons (Fsp3) is 0.500. The molecule has 0 saturated carbocycles.